The Morgan fingerprint density at radius 2 is 0.789 bits per heavy atom. The first-order valence-electron chi connectivity index (χ1n) is 19.2. The van der Waals surface area contributed by atoms with Crippen molar-refractivity contribution in [3.8, 4) is 33.5 Å². The Morgan fingerprint density at radius 3 is 1.42 bits per heavy atom. The van der Waals surface area contributed by atoms with E-state index in [0.29, 0.717) is 0 Å². The van der Waals surface area contributed by atoms with Gasteiger partial charge in [-0.15, -0.1) is 0 Å². The molecule has 0 saturated heterocycles. The van der Waals surface area contributed by atoms with Gasteiger partial charge in [0.2, 0.25) is 0 Å². The van der Waals surface area contributed by atoms with Gasteiger partial charge in [-0.05, 0) is 122 Å². The van der Waals surface area contributed by atoms with Gasteiger partial charge >= 0.3 is 0 Å². The third kappa shape index (κ3) is 6.01. The van der Waals surface area contributed by atoms with Crippen LogP contribution >= 0.6 is 0 Å². The fourth-order valence-electron chi connectivity index (χ4n) is 8.14. The molecule has 0 fully saturated rings. The van der Waals surface area contributed by atoms with E-state index in [1.165, 1.54) is 26.9 Å². The average molecular weight is 727 g/mol. The highest BCUT2D eigenvalue weighted by molar-refractivity contribution is 6.09. The highest BCUT2D eigenvalue weighted by atomic mass is 15.1. The van der Waals surface area contributed by atoms with E-state index in [1.54, 1.807) is 0 Å². The van der Waals surface area contributed by atoms with Crippen LogP contribution in [0.2, 0.25) is 0 Å². The average Bonchev–Trinajstić information content (AvgIpc) is 3.29. The first-order chi connectivity index (χ1) is 28.2. The Bertz CT molecular complexity index is 3180. The molecule has 3 heterocycles. The number of hydrogen-bond donors (Lipinski definition) is 0. The van der Waals surface area contributed by atoms with Gasteiger partial charge in [0.05, 0.1) is 16.7 Å². The van der Waals surface area contributed by atoms with Crippen LogP contribution in [0, 0.1) is 0 Å². The second-order valence-electron chi connectivity index (χ2n) is 14.6. The summed E-state index contributed by atoms with van der Waals surface area (Å²) in [6.45, 7) is 0. The van der Waals surface area contributed by atoms with Gasteiger partial charge in [-0.1, -0.05) is 115 Å². The maximum absolute atomic E-state index is 4.79. The largest absolute Gasteiger partial charge is 0.310 e. The number of hydrogen-bond acceptors (Lipinski definition) is 4. The Morgan fingerprint density at radius 1 is 0.298 bits per heavy atom. The van der Waals surface area contributed by atoms with E-state index in [0.717, 1.165) is 77.8 Å². The summed E-state index contributed by atoms with van der Waals surface area (Å²) in [5.74, 6) is 0. The minimum Gasteiger partial charge on any atom is -0.310 e. The van der Waals surface area contributed by atoms with Crippen LogP contribution in [0.1, 0.15) is 0 Å². The summed E-state index contributed by atoms with van der Waals surface area (Å²) in [5, 5.41) is 9.43. The van der Waals surface area contributed by atoms with Crippen molar-refractivity contribution in [2.24, 2.45) is 0 Å². The van der Waals surface area contributed by atoms with Gasteiger partial charge in [0, 0.05) is 57.4 Å². The highest BCUT2D eigenvalue weighted by Crippen LogP contribution is 2.40. The van der Waals surface area contributed by atoms with Crippen LogP contribution in [0.5, 0.6) is 0 Å². The van der Waals surface area contributed by atoms with E-state index >= 15 is 0 Å². The number of anilines is 3. The Kier molecular flexibility index (Phi) is 7.78. The molecule has 11 rings (SSSR count). The van der Waals surface area contributed by atoms with Crippen molar-refractivity contribution < 1.29 is 0 Å². The zero-order valence-corrected chi connectivity index (χ0v) is 30.9. The lowest BCUT2D eigenvalue weighted by molar-refractivity contribution is 1.29. The normalized spacial score (nSPS) is 11.5. The Labute approximate surface area is 330 Å². The van der Waals surface area contributed by atoms with Crippen LogP contribution in [-0.2, 0) is 0 Å². The molecule has 0 aliphatic rings. The molecule has 0 bridgehead atoms. The summed E-state index contributed by atoms with van der Waals surface area (Å²) in [6, 6.07) is 67.3. The van der Waals surface area contributed by atoms with E-state index in [1.807, 2.05) is 30.7 Å². The SMILES string of the molecule is c1ccc2cc(-c3ccc4c(ccc5cc(N(c6ccc(-c7ccc8cccnc8c7)cc6)c6ccc(-c7ccc8cccnc8c7)cc6)ccc54)c3)ncc2c1. The molecule has 0 aliphatic heterocycles. The van der Waals surface area contributed by atoms with E-state index in [2.05, 4.69) is 191 Å². The maximum atomic E-state index is 4.79. The summed E-state index contributed by atoms with van der Waals surface area (Å²) < 4.78 is 0. The quantitative estimate of drug-likeness (QED) is 0.160. The molecule has 11 aromatic rings. The molecule has 266 valence electrons. The van der Waals surface area contributed by atoms with Crippen LogP contribution in [-0.4, -0.2) is 15.0 Å². The molecule has 0 N–H and O–H groups in total. The van der Waals surface area contributed by atoms with E-state index in [4.69, 9.17) is 4.98 Å². The number of rotatable bonds is 6. The molecule has 8 aromatic carbocycles. The minimum atomic E-state index is 0.980. The second kappa shape index (κ2) is 13.6. The van der Waals surface area contributed by atoms with Crippen LogP contribution in [0.4, 0.5) is 17.1 Å². The van der Waals surface area contributed by atoms with Crippen LogP contribution in [0.3, 0.4) is 0 Å². The lowest BCUT2D eigenvalue weighted by Gasteiger charge is -2.26. The number of benzene rings is 8. The summed E-state index contributed by atoms with van der Waals surface area (Å²) in [7, 11) is 0. The van der Waals surface area contributed by atoms with Crippen LogP contribution in [0.15, 0.2) is 207 Å². The Balaban J connectivity index is 0.981. The molecular weight excluding hydrogens is 693 g/mol. The molecule has 57 heavy (non-hydrogen) atoms. The summed E-state index contributed by atoms with van der Waals surface area (Å²) >= 11 is 0. The van der Waals surface area contributed by atoms with Crippen molar-refractivity contribution in [3.05, 3.63) is 207 Å². The van der Waals surface area contributed by atoms with Gasteiger partial charge in [-0.3, -0.25) is 15.0 Å². The fourth-order valence-corrected chi connectivity index (χ4v) is 8.14. The van der Waals surface area contributed by atoms with Gasteiger partial charge in [-0.25, -0.2) is 0 Å². The molecule has 0 spiro atoms. The maximum Gasteiger partial charge on any atom is 0.0708 e. The molecule has 0 aliphatic carbocycles. The van der Waals surface area contributed by atoms with Gasteiger partial charge in [0.1, 0.15) is 0 Å². The number of fused-ring (bicyclic) bond motifs is 6. The summed E-state index contributed by atoms with van der Waals surface area (Å²) in [5.41, 5.74) is 11.9. The van der Waals surface area contributed by atoms with Crippen molar-refractivity contribution in [3.63, 3.8) is 0 Å². The van der Waals surface area contributed by atoms with Crippen LogP contribution < -0.4 is 4.90 Å². The zero-order valence-electron chi connectivity index (χ0n) is 30.9. The molecule has 3 aromatic heterocycles. The number of nitrogens with zero attached hydrogens (tertiary/aromatic N) is 4. The van der Waals surface area contributed by atoms with Gasteiger partial charge in [0.25, 0.3) is 0 Å². The topological polar surface area (TPSA) is 41.9 Å². The highest BCUT2D eigenvalue weighted by Gasteiger charge is 2.15. The first kappa shape index (κ1) is 32.7. The van der Waals surface area contributed by atoms with Crippen molar-refractivity contribution in [2.75, 3.05) is 4.90 Å². The second-order valence-corrected chi connectivity index (χ2v) is 14.6. The monoisotopic (exact) mass is 726 g/mol. The van der Waals surface area contributed by atoms with Crippen LogP contribution in [0.25, 0.3) is 87.6 Å². The van der Waals surface area contributed by atoms with Gasteiger partial charge < -0.3 is 4.90 Å². The van der Waals surface area contributed by atoms with E-state index < -0.39 is 0 Å². The summed E-state index contributed by atoms with van der Waals surface area (Å²) in [6.07, 6.45) is 5.66. The first-order valence-corrected chi connectivity index (χ1v) is 19.2. The van der Waals surface area contributed by atoms with Crippen molar-refractivity contribution >= 4 is 71.2 Å². The molecular formula is C53H34N4. The molecule has 0 unspecified atom stereocenters. The molecule has 0 radical (unpaired) electrons. The number of pyridine rings is 3. The third-order valence-electron chi connectivity index (χ3n) is 11.1. The third-order valence-corrected chi connectivity index (χ3v) is 11.1. The Hall–Kier alpha value is -7.69. The van der Waals surface area contributed by atoms with Gasteiger partial charge in [-0.2, -0.15) is 0 Å². The van der Waals surface area contributed by atoms with Crippen molar-refractivity contribution in [1.82, 2.24) is 15.0 Å². The predicted molar refractivity (Wildman–Crippen MR) is 238 cm³/mol. The van der Waals surface area contributed by atoms with E-state index in [-0.39, 0.29) is 0 Å². The smallest absolute Gasteiger partial charge is 0.0708 e. The molecule has 0 atom stereocenters. The minimum absolute atomic E-state index is 0.980. The lowest BCUT2D eigenvalue weighted by Crippen LogP contribution is -2.09. The molecule has 0 saturated carbocycles. The lowest BCUT2D eigenvalue weighted by atomic mass is 9.98. The van der Waals surface area contributed by atoms with Crippen molar-refractivity contribution in [2.45, 2.75) is 0 Å². The fraction of sp³-hybridized carbons (Fsp3) is 0. The zero-order chi connectivity index (χ0) is 37.7. The summed E-state index contributed by atoms with van der Waals surface area (Å²) in [4.78, 5) is 16.3. The molecule has 4 heteroatoms. The predicted octanol–water partition coefficient (Wildman–Crippen LogP) is 14.1. The van der Waals surface area contributed by atoms with Gasteiger partial charge in [0.15, 0.2) is 0 Å². The molecule has 0 amide bonds. The standard InChI is InChI=1S/C53H34N4/c1-2-6-45-34-56-53(31-39(45)5-1)44-19-25-49-42(29-44)13-14-43-30-48(24-26-50(43)49)57(46-20-15-35(16-21-46)40-11-9-37-7-3-27-54-51(37)32-40)47-22-17-36(18-23-47)41-12-10-38-8-4-28-55-52(38)33-41/h1-34H. The van der Waals surface area contributed by atoms with E-state index in [9.17, 15) is 0 Å². The molecule has 4 nitrogen and oxygen atoms in total. The van der Waals surface area contributed by atoms with Crippen molar-refractivity contribution in [1.29, 1.82) is 0 Å². The number of aromatic nitrogens is 3.